The van der Waals surface area contributed by atoms with Gasteiger partial charge < -0.3 is 20.8 Å². The van der Waals surface area contributed by atoms with Gasteiger partial charge in [-0.05, 0) is 19.3 Å². The smallest absolute Gasteiger partial charge is 0.300 e. The van der Waals surface area contributed by atoms with Crippen LogP contribution in [0.1, 0.15) is 233 Å². The van der Waals surface area contributed by atoms with E-state index in [0.717, 1.165) is 52.2 Å². The molecule has 0 aromatic heterocycles. The summed E-state index contributed by atoms with van der Waals surface area (Å²) in [4.78, 5) is 35.9. The molecule has 0 saturated heterocycles. The van der Waals surface area contributed by atoms with E-state index in [1.54, 1.807) is 0 Å². The van der Waals surface area contributed by atoms with Gasteiger partial charge in [-0.15, -0.1) is 0 Å². The molecule has 53 heavy (non-hydrogen) atoms. The summed E-state index contributed by atoms with van der Waals surface area (Å²) in [5.74, 6) is -0.540. The first kappa shape index (κ1) is 53.4. The second-order valence-electron chi connectivity index (χ2n) is 15.5. The molecule has 0 rings (SSSR count). The highest BCUT2D eigenvalue weighted by Gasteiger charge is 2.08. The van der Waals surface area contributed by atoms with Crippen molar-refractivity contribution in [3.8, 4) is 0 Å². The fraction of sp³-hybridized carbons (Fsp3) is 0.933. The summed E-state index contributed by atoms with van der Waals surface area (Å²) < 4.78 is 0. The Kier molecular flexibility index (Phi) is 46.9. The molecule has 0 bridgehead atoms. The van der Waals surface area contributed by atoms with Crippen LogP contribution in [-0.2, 0) is 14.4 Å². The molecular weight excluding hydrogens is 663 g/mol. The van der Waals surface area contributed by atoms with Crippen LogP contribution in [0.3, 0.4) is 0 Å². The van der Waals surface area contributed by atoms with Crippen molar-refractivity contribution in [1.82, 2.24) is 15.5 Å². The first-order valence-corrected chi connectivity index (χ1v) is 22.9. The summed E-state index contributed by atoms with van der Waals surface area (Å²) in [5, 5.41) is 22.9. The number of carboxylic acids is 1. The molecule has 8 nitrogen and oxygen atoms in total. The number of carbonyl (C=O) groups is 3. The van der Waals surface area contributed by atoms with E-state index >= 15 is 0 Å². The summed E-state index contributed by atoms with van der Waals surface area (Å²) in [6, 6.07) is 0. The van der Waals surface area contributed by atoms with Crippen molar-refractivity contribution in [3.05, 3.63) is 0 Å². The molecule has 0 unspecified atom stereocenters. The quantitative estimate of drug-likeness (QED) is 0.0462. The van der Waals surface area contributed by atoms with Crippen molar-refractivity contribution >= 4 is 17.8 Å². The van der Waals surface area contributed by atoms with Gasteiger partial charge in [-0.3, -0.25) is 19.3 Å². The van der Waals surface area contributed by atoms with E-state index in [-0.39, 0.29) is 18.4 Å². The first-order chi connectivity index (χ1) is 25.9. The number of carbonyl (C=O) groups excluding carboxylic acids is 2. The zero-order chi connectivity index (χ0) is 39.3. The minimum atomic E-state index is -0.833. The zero-order valence-electron chi connectivity index (χ0n) is 35.6. The molecule has 0 aromatic carbocycles. The Labute approximate surface area is 329 Å². The lowest BCUT2D eigenvalue weighted by atomic mass is 10.0. The van der Waals surface area contributed by atoms with Crippen LogP contribution in [0, 0.1) is 0 Å². The van der Waals surface area contributed by atoms with Gasteiger partial charge in [0.25, 0.3) is 5.97 Å². The van der Waals surface area contributed by atoms with E-state index in [1.165, 1.54) is 167 Å². The Morgan fingerprint density at radius 2 is 0.660 bits per heavy atom. The molecular formula is C45H91N3O5. The third kappa shape index (κ3) is 50.3. The number of nitrogens with zero attached hydrogens (tertiary/aromatic N) is 1. The average Bonchev–Trinajstić information content (AvgIpc) is 3.13. The molecule has 0 aliphatic rings. The average molecular weight is 754 g/mol. The molecule has 0 radical (unpaired) electrons. The standard InChI is InChI=1S/C43H87N3O3.C2H4O2/c1-3-5-7-9-11-13-15-17-19-21-23-25-27-29-31-34-42(48)44-36-39-46(38-33-41-47)40-37-45-43(49)35-32-30-28-26-24-22-20-18-16-14-12-10-8-6-4-2;1-2(3)4/h47H,3-41H2,1-2H3,(H,44,48)(H,45,49);1H3,(H,3,4). The summed E-state index contributed by atoms with van der Waals surface area (Å²) in [5.41, 5.74) is 0. The number of carboxylic acid groups (broad SMARTS) is 1. The number of nitrogens with one attached hydrogen (secondary N) is 2. The van der Waals surface area contributed by atoms with Gasteiger partial charge >= 0.3 is 0 Å². The van der Waals surface area contributed by atoms with Crippen LogP contribution >= 0.6 is 0 Å². The zero-order valence-corrected chi connectivity index (χ0v) is 35.6. The van der Waals surface area contributed by atoms with Crippen molar-refractivity contribution in [2.75, 3.05) is 39.3 Å². The predicted octanol–water partition coefficient (Wildman–Crippen LogP) is 11.5. The molecule has 0 fully saturated rings. The molecule has 2 amide bonds. The second-order valence-corrected chi connectivity index (χ2v) is 15.5. The van der Waals surface area contributed by atoms with Crippen molar-refractivity contribution < 1.29 is 24.6 Å². The van der Waals surface area contributed by atoms with E-state index in [1.807, 2.05) is 0 Å². The Morgan fingerprint density at radius 1 is 0.415 bits per heavy atom. The van der Waals surface area contributed by atoms with E-state index < -0.39 is 5.97 Å². The third-order valence-corrected chi connectivity index (χ3v) is 10.1. The van der Waals surface area contributed by atoms with Crippen molar-refractivity contribution in [2.24, 2.45) is 0 Å². The molecule has 8 heteroatoms. The van der Waals surface area contributed by atoms with Gasteiger partial charge in [-0.2, -0.15) is 0 Å². The maximum Gasteiger partial charge on any atom is 0.300 e. The lowest BCUT2D eigenvalue weighted by Gasteiger charge is -2.22. The molecule has 0 aliphatic carbocycles. The number of aliphatic carboxylic acids is 1. The van der Waals surface area contributed by atoms with Crippen LogP contribution in [0.25, 0.3) is 0 Å². The molecule has 0 aliphatic heterocycles. The van der Waals surface area contributed by atoms with Gasteiger partial charge in [0.15, 0.2) is 0 Å². The summed E-state index contributed by atoms with van der Waals surface area (Å²) >= 11 is 0. The van der Waals surface area contributed by atoms with Gasteiger partial charge in [0, 0.05) is 59.1 Å². The Bertz CT molecular complexity index is 710. The van der Waals surface area contributed by atoms with Crippen LogP contribution in [0.5, 0.6) is 0 Å². The number of hydrogen-bond acceptors (Lipinski definition) is 5. The van der Waals surface area contributed by atoms with Crippen LogP contribution in [-0.4, -0.2) is 72.2 Å². The third-order valence-electron chi connectivity index (χ3n) is 10.1. The summed E-state index contributed by atoms with van der Waals surface area (Å²) in [6.45, 7) is 9.32. The highest BCUT2D eigenvalue weighted by Crippen LogP contribution is 2.15. The normalized spacial score (nSPS) is 11.0. The lowest BCUT2D eigenvalue weighted by molar-refractivity contribution is -0.134. The predicted molar refractivity (Wildman–Crippen MR) is 227 cm³/mol. The Balaban J connectivity index is 0. The molecule has 4 N–H and O–H groups in total. The Morgan fingerprint density at radius 3 is 0.906 bits per heavy atom. The van der Waals surface area contributed by atoms with Crippen LogP contribution in [0.15, 0.2) is 0 Å². The van der Waals surface area contributed by atoms with Gasteiger partial charge in [0.05, 0.1) is 0 Å². The highest BCUT2D eigenvalue weighted by atomic mass is 16.4. The number of unbranched alkanes of at least 4 members (excludes halogenated alkanes) is 28. The molecule has 0 spiro atoms. The SMILES string of the molecule is CC(=O)O.CCCCCCCCCCCCCCCCCC(=O)NCCN(CCCO)CCNC(=O)CCCCCCCCCCCCCCCCC. The van der Waals surface area contributed by atoms with Crippen molar-refractivity contribution in [1.29, 1.82) is 0 Å². The highest BCUT2D eigenvalue weighted by molar-refractivity contribution is 5.76. The van der Waals surface area contributed by atoms with E-state index in [4.69, 9.17) is 9.90 Å². The number of hydrogen-bond donors (Lipinski definition) is 4. The number of rotatable bonds is 41. The molecule has 0 atom stereocenters. The topological polar surface area (TPSA) is 119 Å². The van der Waals surface area contributed by atoms with E-state index in [9.17, 15) is 14.7 Å². The van der Waals surface area contributed by atoms with Gasteiger partial charge in [-0.25, -0.2) is 0 Å². The van der Waals surface area contributed by atoms with E-state index in [2.05, 4.69) is 29.4 Å². The molecule has 0 aromatic rings. The van der Waals surface area contributed by atoms with Gasteiger partial charge in [0.1, 0.15) is 0 Å². The largest absolute Gasteiger partial charge is 0.481 e. The molecule has 0 heterocycles. The van der Waals surface area contributed by atoms with Crippen LogP contribution < -0.4 is 10.6 Å². The van der Waals surface area contributed by atoms with E-state index in [0.29, 0.717) is 32.4 Å². The fourth-order valence-electron chi connectivity index (χ4n) is 6.83. The summed E-state index contributed by atoms with van der Waals surface area (Å²) in [6.07, 6.45) is 41.9. The molecule has 316 valence electrons. The lowest BCUT2D eigenvalue weighted by Crippen LogP contribution is -2.40. The minimum absolute atomic E-state index is 0.147. The van der Waals surface area contributed by atoms with Crippen molar-refractivity contribution in [2.45, 2.75) is 233 Å². The minimum Gasteiger partial charge on any atom is -0.481 e. The van der Waals surface area contributed by atoms with Crippen molar-refractivity contribution in [3.63, 3.8) is 0 Å². The van der Waals surface area contributed by atoms with Crippen LogP contribution in [0.2, 0.25) is 0 Å². The van der Waals surface area contributed by atoms with Gasteiger partial charge in [-0.1, -0.05) is 194 Å². The van der Waals surface area contributed by atoms with Crippen LogP contribution in [0.4, 0.5) is 0 Å². The fourth-order valence-corrected chi connectivity index (χ4v) is 6.83. The summed E-state index contributed by atoms with van der Waals surface area (Å²) in [7, 11) is 0. The monoisotopic (exact) mass is 754 g/mol. The van der Waals surface area contributed by atoms with Gasteiger partial charge in [0.2, 0.25) is 11.8 Å². The Hall–Kier alpha value is -1.67. The maximum atomic E-state index is 12.3. The number of aliphatic hydroxyl groups excluding tert-OH is 1. The molecule has 0 saturated carbocycles. The number of aliphatic hydroxyl groups is 1. The number of amides is 2. The second kappa shape index (κ2) is 46.5. The maximum absolute atomic E-state index is 12.3. The first-order valence-electron chi connectivity index (χ1n) is 22.9.